The van der Waals surface area contributed by atoms with Gasteiger partial charge in [-0.1, -0.05) is 19.8 Å². The van der Waals surface area contributed by atoms with Crippen molar-refractivity contribution in [2.75, 3.05) is 0 Å². The number of aldehydes is 1. The second kappa shape index (κ2) is 4.32. The van der Waals surface area contributed by atoms with Gasteiger partial charge in [0, 0.05) is 6.42 Å². The first kappa shape index (κ1) is 12.2. The second-order valence-corrected chi connectivity index (χ2v) is 5.04. The number of carbonyl (C=O) groups excluding carboxylic acids is 1. The molecule has 0 bridgehead atoms. The van der Waals surface area contributed by atoms with Crippen molar-refractivity contribution in [3.8, 4) is 6.07 Å². The minimum atomic E-state index is -1.18. The van der Waals surface area contributed by atoms with Crippen LogP contribution in [0.3, 0.4) is 0 Å². The molecule has 15 heavy (non-hydrogen) atoms. The maximum Gasteiger partial charge on any atom is 0.122 e. The molecule has 1 N–H and O–H groups in total. The van der Waals surface area contributed by atoms with Gasteiger partial charge in [0.15, 0.2) is 0 Å². The van der Waals surface area contributed by atoms with Crippen LogP contribution in [0.5, 0.6) is 0 Å². The molecule has 1 fully saturated rings. The van der Waals surface area contributed by atoms with Crippen LogP contribution in [0.2, 0.25) is 0 Å². The van der Waals surface area contributed by atoms with Crippen LogP contribution in [0.1, 0.15) is 46.0 Å². The van der Waals surface area contributed by atoms with Gasteiger partial charge in [0.05, 0.1) is 17.1 Å². The fourth-order valence-corrected chi connectivity index (χ4v) is 2.62. The van der Waals surface area contributed by atoms with Crippen molar-refractivity contribution in [3.05, 3.63) is 0 Å². The minimum Gasteiger partial charge on any atom is -0.388 e. The fourth-order valence-electron chi connectivity index (χ4n) is 2.62. The van der Waals surface area contributed by atoms with E-state index in [4.69, 9.17) is 0 Å². The number of carbonyl (C=O) groups is 1. The van der Waals surface area contributed by atoms with E-state index < -0.39 is 11.0 Å². The first-order chi connectivity index (χ1) is 6.97. The van der Waals surface area contributed by atoms with Crippen molar-refractivity contribution >= 4 is 6.29 Å². The van der Waals surface area contributed by atoms with E-state index in [2.05, 4.69) is 13.0 Å². The normalized spacial score (nSPS) is 35.2. The van der Waals surface area contributed by atoms with E-state index in [0.717, 1.165) is 12.8 Å². The second-order valence-electron chi connectivity index (χ2n) is 5.04. The van der Waals surface area contributed by atoms with Crippen molar-refractivity contribution < 1.29 is 9.90 Å². The van der Waals surface area contributed by atoms with Crippen LogP contribution in [0.4, 0.5) is 0 Å². The highest BCUT2D eigenvalue weighted by molar-refractivity contribution is 5.52. The summed E-state index contributed by atoms with van der Waals surface area (Å²) in [6.45, 7) is 3.71. The zero-order chi connectivity index (χ0) is 11.5. The Bertz CT molecular complexity index is 280. The van der Waals surface area contributed by atoms with Crippen LogP contribution in [-0.4, -0.2) is 17.0 Å². The summed E-state index contributed by atoms with van der Waals surface area (Å²) in [7, 11) is 0. The highest BCUT2D eigenvalue weighted by Gasteiger charge is 2.49. The van der Waals surface area contributed by atoms with Crippen LogP contribution < -0.4 is 0 Å². The molecule has 0 radical (unpaired) electrons. The molecule has 0 aromatic heterocycles. The van der Waals surface area contributed by atoms with Gasteiger partial charge in [0.1, 0.15) is 6.29 Å². The lowest BCUT2D eigenvalue weighted by Gasteiger charge is -2.44. The topological polar surface area (TPSA) is 61.1 Å². The maximum atomic E-state index is 10.5. The molecule has 3 unspecified atom stereocenters. The number of nitrogens with zero attached hydrogens (tertiary/aromatic N) is 1. The third kappa shape index (κ3) is 2.21. The van der Waals surface area contributed by atoms with Gasteiger partial charge in [0.2, 0.25) is 0 Å². The van der Waals surface area contributed by atoms with Crippen LogP contribution in [-0.2, 0) is 4.79 Å². The molecule has 0 saturated heterocycles. The molecular weight excluding hydrogens is 190 g/mol. The Kier molecular flexibility index (Phi) is 3.51. The van der Waals surface area contributed by atoms with Gasteiger partial charge in [-0.05, 0) is 25.7 Å². The number of hydrogen-bond donors (Lipinski definition) is 1. The monoisotopic (exact) mass is 209 g/mol. The molecule has 0 amide bonds. The third-order valence-corrected chi connectivity index (χ3v) is 3.72. The summed E-state index contributed by atoms with van der Waals surface area (Å²) in [6.07, 6.45) is 4.23. The zero-order valence-electron chi connectivity index (χ0n) is 9.49. The molecule has 1 rings (SSSR count). The van der Waals surface area contributed by atoms with E-state index in [1.54, 1.807) is 6.92 Å². The first-order valence-corrected chi connectivity index (χ1v) is 5.55. The molecule has 0 spiro atoms. The predicted molar refractivity (Wildman–Crippen MR) is 57.0 cm³/mol. The summed E-state index contributed by atoms with van der Waals surface area (Å²) < 4.78 is 0. The Balaban J connectivity index is 2.93. The van der Waals surface area contributed by atoms with Crippen LogP contribution in [0, 0.1) is 22.7 Å². The van der Waals surface area contributed by atoms with Gasteiger partial charge in [0.25, 0.3) is 0 Å². The van der Waals surface area contributed by atoms with E-state index in [0.29, 0.717) is 25.0 Å². The number of aliphatic hydroxyl groups is 1. The van der Waals surface area contributed by atoms with Crippen molar-refractivity contribution in [3.63, 3.8) is 0 Å². The molecule has 3 nitrogen and oxygen atoms in total. The van der Waals surface area contributed by atoms with E-state index in [-0.39, 0.29) is 6.42 Å². The lowest BCUT2D eigenvalue weighted by atomic mass is 9.61. The summed E-state index contributed by atoms with van der Waals surface area (Å²) in [4.78, 5) is 10.5. The summed E-state index contributed by atoms with van der Waals surface area (Å²) in [5, 5.41) is 19.5. The molecule has 0 heterocycles. The Labute approximate surface area is 91.1 Å². The molecule has 3 atom stereocenters. The summed E-state index contributed by atoms with van der Waals surface area (Å²) in [6, 6.07) is 2.26. The van der Waals surface area contributed by atoms with Crippen LogP contribution >= 0.6 is 0 Å². The zero-order valence-corrected chi connectivity index (χ0v) is 9.49. The standard InChI is InChI=1S/C12H19NO2/c1-10-4-3-5-12(8-10,9-13)11(2,15)6-7-14/h7,10,15H,3-6,8H2,1-2H3. The van der Waals surface area contributed by atoms with E-state index in [1.807, 2.05) is 0 Å². The van der Waals surface area contributed by atoms with E-state index in [9.17, 15) is 15.2 Å². The average Bonchev–Trinajstić information content (AvgIpc) is 2.17. The van der Waals surface area contributed by atoms with Crippen molar-refractivity contribution in [1.29, 1.82) is 5.26 Å². The van der Waals surface area contributed by atoms with Gasteiger partial charge < -0.3 is 9.90 Å². The number of rotatable bonds is 3. The van der Waals surface area contributed by atoms with Gasteiger partial charge >= 0.3 is 0 Å². The molecule has 1 aliphatic rings. The molecule has 3 heteroatoms. The fraction of sp³-hybridized carbons (Fsp3) is 0.833. The third-order valence-electron chi connectivity index (χ3n) is 3.72. The van der Waals surface area contributed by atoms with Crippen LogP contribution in [0.15, 0.2) is 0 Å². The Morgan fingerprint density at radius 1 is 1.73 bits per heavy atom. The van der Waals surface area contributed by atoms with Crippen LogP contribution in [0.25, 0.3) is 0 Å². The molecule has 84 valence electrons. The summed E-state index contributed by atoms with van der Waals surface area (Å²) in [5.41, 5.74) is -1.91. The highest BCUT2D eigenvalue weighted by Crippen LogP contribution is 2.47. The molecule has 0 aromatic rings. The molecular formula is C12H19NO2. The number of nitriles is 1. The van der Waals surface area contributed by atoms with E-state index in [1.165, 1.54) is 0 Å². The van der Waals surface area contributed by atoms with Crippen molar-refractivity contribution in [2.45, 2.75) is 51.6 Å². The van der Waals surface area contributed by atoms with E-state index >= 15 is 0 Å². The quantitative estimate of drug-likeness (QED) is 0.723. The van der Waals surface area contributed by atoms with Crippen molar-refractivity contribution in [2.24, 2.45) is 11.3 Å². The molecule has 1 aliphatic carbocycles. The highest BCUT2D eigenvalue weighted by atomic mass is 16.3. The summed E-state index contributed by atoms with van der Waals surface area (Å²) in [5.74, 6) is 0.455. The van der Waals surface area contributed by atoms with Gasteiger partial charge in [-0.25, -0.2) is 0 Å². The SMILES string of the molecule is CC1CCCC(C#N)(C(C)(O)CC=O)C1. The predicted octanol–water partition coefficient (Wildman–Crippen LogP) is 2.05. The minimum absolute atomic E-state index is 0.0489. The molecule has 0 aromatic carbocycles. The number of hydrogen-bond acceptors (Lipinski definition) is 3. The van der Waals surface area contributed by atoms with Crippen molar-refractivity contribution in [1.82, 2.24) is 0 Å². The molecule has 1 saturated carbocycles. The average molecular weight is 209 g/mol. The Morgan fingerprint density at radius 2 is 2.40 bits per heavy atom. The lowest BCUT2D eigenvalue weighted by molar-refractivity contribution is -0.119. The smallest absolute Gasteiger partial charge is 0.122 e. The summed E-state index contributed by atoms with van der Waals surface area (Å²) >= 11 is 0. The largest absolute Gasteiger partial charge is 0.388 e. The maximum absolute atomic E-state index is 10.5. The molecule has 0 aliphatic heterocycles. The Hall–Kier alpha value is -0.880. The van der Waals surface area contributed by atoms with Gasteiger partial charge in [-0.2, -0.15) is 5.26 Å². The lowest BCUT2D eigenvalue weighted by Crippen LogP contribution is -2.48. The van der Waals surface area contributed by atoms with Gasteiger partial charge in [-0.15, -0.1) is 0 Å². The first-order valence-electron chi connectivity index (χ1n) is 5.55. The Morgan fingerprint density at radius 3 is 2.87 bits per heavy atom. The van der Waals surface area contributed by atoms with Gasteiger partial charge in [-0.3, -0.25) is 0 Å².